The molecular weight excluding hydrogens is 243 g/mol. The van der Waals surface area contributed by atoms with Crippen LogP contribution in [0.1, 0.15) is 36.4 Å². The Hall–Kier alpha value is -1.23. The molecule has 2 N–H and O–H groups in total. The van der Waals surface area contributed by atoms with Crippen LogP contribution in [-0.2, 0) is 6.42 Å². The predicted molar refractivity (Wildman–Crippen MR) is 62.5 cm³/mol. The van der Waals surface area contributed by atoms with E-state index in [9.17, 15) is 13.2 Å². The number of hydrogen-bond donors (Lipinski definition) is 1. The third kappa shape index (κ3) is 3.38. The molecule has 2 nitrogen and oxygen atoms in total. The molecule has 1 aliphatic rings. The van der Waals surface area contributed by atoms with Crippen LogP contribution in [0.25, 0.3) is 0 Å². The molecule has 0 spiro atoms. The van der Waals surface area contributed by atoms with Gasteiger partial charge in [-0.25, -0.2) is 0 Å². The number of rotatable bonds is 3. The number of hydrogen-bond acceptors (Lipinski definition) is 2. The van der Waals surface area contributed by atoms with Crippen LogP contribution in [-0.4, -0.2) is 12.8 Å². The molecule has 0 saturated carbocycles. The van der Waals surface area contributed by atoms with E-state index < -0.39 is 12.6 Å². The number of halogens is 3. The number of ether oxygens (including phenoxy) is 1. The molecular formula is C13H16F3NO. The molecule has 1 unspecified atom stereocenters. The van der Waals surface area contributed by atoms with Crippen molar-refractivity contribution in [2.24, 2.45) is 5.73 Å². The number of alkyl halides is 3. The Labute approximate surface area is 104 Å². The quantitative estimate of drug-likeness (QED) is 0.903. The van der Waals surface area contributed by atoms with Gasteiger partial charge < -0.3 is 10.5 Å². The van der Waals surface area contributed by atoms with E-state index in [0.717, 1.165) is 24.8 Å². The average molecular weight is 259 g/mol. The van der Waals surface area contributed by atoms with E-state index in [1.54, 1.807) is 12.1 Å². The molecule has 1 aromatic rings. The van der Waals surface area contributed by atoms with Crippen molar-refractivity contribution in [2.45, 2.75) is 37.9 Å². The highest BCUT2D eigenvalue weighted by molar-refractivity contribution is 5.39. The van der Waals surface area contributed by atoms with Gasteiger partial charge in [-0.2, -0.15) is 13.2 Å². The van der Waals surface area contributed by atoms with E-state index in [1.165, 1.54) is 5.56 Å². The minimum absolute atomic E-state index is 0.0279. The largest absolute Gasteiger partial charge is 0.493 e. The first-order valence-corrected chi connectivity index (χ1v) is 6.04. The van der Waals surface area contributed by atoms with Crippen LogP contribution < -0.4 is 10.5 Å². The molecule has 0 amide bonds. The summed E-state index contributed by atoms with van der Waals surface area (Å²) in [6.07, 6.45) is -2.16. The first-order valence-electron chi connectivity index (χ1n) is 6.04. The Balaban J connectivity index is 2.00. The van der Waals surface area contributed by atoms with E-state index in [4.69, 9.17) is 10.5 Å². The smallest absolute Gasteiger partial charge is 0.392 e. The van der Waals surface area contributed by atoms with Gasteiger partial charge in [0.25, 0.3) is 0 Å². The number of benzene rings is 1. The Kier molecular flexibility index (Phi) is 3.80. The maximum absolute atomic E-state index is 12.0. The third-order valence-corrected chi connectivity index (χ3v) is 3.13. The Morgan fingerprint density at radius 3 is 2.83 bits per heavy atom. The van der Waals surface area contributed by atoms with Crippen LogP contribution in [0.3, 0.4) is 0 Å². The van der Waals surface area contributed by atoms with Gasteiger partial charge in [0.15, 0.2) is 0 Å². The van der Waals surface area contributed by atoms with Crippen molar-refractivity contribution in [1.82, 2.24) is 0 Å². The highest BCUT2D eigenvalue weighted by Gasteiger charge is 2.27. The van der Waals surface area contributed by atoms with Gasteiger partial charge in [0.05, 0.1) is 13.0 Å². The molecule has 5 heteroatoms. The summed E-state index contributed by atoms with van der Waals surface area (Å²) in [5.41, 5.74) is 8.16. The summed E-state index contributed by atoms with van der Waals surface area (Å²) in [6.45, 7) is -0.350. The lowest BCUT2D eigenvalue weighted by molar-refractivity contribution is -0.139. The monoisotopic (exact) mass is 259 g/mol. The molecule has 0 radical (unpaired) electrons. The van der Waals surface area contributed by atoms with E-state index in [0.29, 0.717) is 5.75 Å². The van der Waals surface area contributed by atoms with Crippen LogP contribution in [0, 0.1) is 0 Å². The summed E-state index contributed by atoms with van der Waals surface area (Å²) in [7, 11) is 0. The fourth-order valence-corrected chi connectivity index (χ4v) is 2.19. The summed E-state index contributed by atoms with van der Waals surface area (Å²) in [5.74, 6) is 0.468. The molecule has 1 aromatic carbocycles. The van der Waals surface area contributed by atoms with Crippen LogP contribution in [0.15, 0.2) is 18.2 Å². The fourth-order valence-electron chi connectivity index (χ4n) is 2.19. The molecule has 1 atom stereocenters. The minimum Gasteiger partial charge on any atom is -0.493 e. The van der Waals surface area contributed by atoms with Crippen molar-refractivity contribution < 1.29 is 17.9 Å². The zero-order valence-electron chi connectivity index (χ0n) is 9.96. The predicted octanol–water partition coefficient (Wildman–Crippen LogP) is 3.35. The van der Waals surface area contributed by atoms with Gasteiger partial charge >= 0.3 is 6.18 Å². The van der Waals surface area contributed by atoms with E-state index in [1.807, 2.05) is 6.07 Å². The lowest BCUT2D eigenvalue weighted by atomic mass is 9.88. The first-order chi connectivity index (χ1) is 8.46. The lowest BCUT2D eigenvalue weighted by Crippen LogP contribution is -2.18. The molecule has 0 saturated heterocycles. The van der Waals surface area contributed by atoms with Crippen LogP contribution in [0.2, 0.25) is 0 Å². The van der Waals surface area contributed by atoms with Crippen LogP contribution >= 0.6 is 0 Å². The summed E-state index contributed by atoms with van der Waals surface area (Å²) in [6, 6.07) is 5.36. The van der Waals surface area contributed by atoms with Crippen LogP contribution in [0.4, 0.5) is 13.2 Å². The van der Waals surface area contributed by atoms with E-state index in [2.05, 4.69) is 0 Å². The second-order valence-corrected chi connectivity index (χ2v) is 4.57. The van der Waals surface area contributed by atoms with Gasteiger partial charge in [0, 0.05) is 6.04 Å². The molecule has 0 bridgehead atoms. The zero-order chi connectivity index (χ0) is 13.2. The second kappa shape index (κ2) is 5.18. The highest BCUT2D eigenvalue weighted by atomic mass is 19.4. The SMILES string of the molecule is NC1CCCc2ccc(OCCC(F)(F)F)cc21. The topological polar surface area (TPSA) is 35.2 Å². The highest BCUT2D eigenvalue weighted by Crippen LogP contribution is 2.31. The van der Waals surface area contributed by atoms with Gasteiger partial charge in [-0.1, -0.05) is 6.07 Å². The van der Waals surface area contributed by atoms with Gasteiger partial charge in [0.2, 0.25) is 0 Å². The third-order valence-electron chi connectivity index (χ3n) is 3.13. The molecule has 100 valence electrons. The first kappa shape index (κ1) is 13.2. The van der Waals surface area contributed by atoms with Crippen molar-refractivity contribution in [3.05, 3.63) is 29.3 Å². The Bertz CT molecular complexity index is 417. The maximum Gasteiger partial charge on any atom is 0.392 e. The van der Waals surface area contributed by atoms with E-state index in [-0.39, 0.29) is 12.6 Å². The maximum atomic E-state index is 12.0. The van der Waals surface area contributed by atoms with Crippen molar-refractivity contribution in [3.63, 3.8) is 0 Å². The van der Waals surface area contributed by atoms with Gasteiger partial charge in [-0.3, -0.25) is 0 Å². The normalized spacial score (nSPS) is 19.4. The molecule has 18 heavy (non-hydrogen) atoms. The Morgan fingerprint density at radius 1 is 1.33 bits per heavy atom. The van der Waals surface area contributed by atoms with Crippen molar-refractivity contribution in [1.29, 1.82) is 0 Å². The van der Waals surface area contributed by atoms with Crippen molar-refractivity contribution in [2.75, 3.05) is 6.61 Å². The number of fused-ring (bicyclic) bond motifs is 1. The Morgan fingerprint density at radius 2 is 2.11 bits per heavy atom. The van der Waals surface area contributed by atoms with Crippen molar-refractivity contribution in [3.8, 4) is 5.75 Å². The molecule has 0 fully saturated rings. The molecule has 1 aliphatic carbocycles. The van der Waals surface area contributed by atoms with Crippen LogP contribution in [0.5, 0.6) is 5.75 Å². The van der Waals surface area contributed by atoms with Gasteiger partial charge in [-0.05, 0) is 42.5 Å². The molecule has 0 aromatic heterocycles. The minimum atomic E-state index is -4.18. The number of nitrogens with two attached hydrogens (primary N) is 1. The fraction of sp³-hybridized carbons (Fsp3) is 0.538. The second-order valence-electron chi connectivity index (χ2n) is 4.57. The van der Waals surface area contributed by atoms with Crippen molar-refractivity contribution >= 4 is 0 Å². The van der Waals surface area contributed by atoms with Gasteiger partial charge in [0.1, 0.15) is 5.75 Å². The summed E-state index contributed by atoms with van der Waals surface area (Å²) in [4.78, 5) is 0. The lowest BCUT2D eigenvalue weighted by Gasteiger charge is -2.22. The standard InChI is InChI=1S/C13H16F3NO/c14-13(15,16)6-7-18-10-5-4-9-2-1-3-12(17)11(9)8-10/h4-5,8,12H,1-3,6-7,17H2. The number of aryl methyl sites for hydroxylation is 1. The average Bonchev–Trinajstić information content (AvgIpc) is 2.28. The summed E-state index contributed by atoms with van der Waals surface area (Å²) < 4.78 is 41.1. The molecule has 2 rings (SSSR count). The molecule has 0 aliphatic heterocycles. The van der Waals surface area contributed by atoms with E-state index >= 15 is 0 Å². The molecule has 0 heterocycles. The van der Waals surface area contributed by atoms with Gasteiger partial charge in [-0.15, -0.1) is 0 Å². The summed E-state index contributed by atoms with van der Waals surface area (Å²) in [5, 5.41) is 0. The zero-order valence-corrected chi connectivity index (χ0v) is 9.96. The summed E-state index contributed by atoms with van der Waals surface area (Å²) >= 11 is 0.